The Bertz CT molecular complexity index is 301. The lowest BCUT2D eigenvalue weighted by Gasteiger charge is -2.20. The van der Waals surface area contributed by atoms with E-state index in [1.54, 1.807) is 0 Å². The minimum atomic E-state index is 0.146. The van der Waals surface area contributed by atoms with Crippen molar-refractivity contribution < 1.29 is 4.74 Å². The monoisotopic (exact) mass is 222 g/mol. The van der Waals surface area contributed by atoms with Crippen LogP contribution in [0.1, 0.15) is 26.3 Å². The molecule has 0 fully saturated rings. The Balaban J connectivity index is 2.27. The van der Waals surface area contributed by atoms with Crippen molar-refractivity contribution in [3.8, 4) is 5.75 Å². The van der Waals surface area contributed by atoms with Crippen LogP contribution in [-0.2, 0) is 6.54 Å². The van der Waals surface area contributed by atoms with Crippen molar-refractivity contribution in [3.63, 3.8) is 0 Å². The van der Waals surface area contributed by atoms with Gasteiger partial charge in [0.05, 0.1) is 0 Å². The molecule has 0 bridgehead atoms. The Hall–Kier alpha value is -1.06. The third-order valence-electron chi connectivity index (χ3n) is 2.19. The number of nitrogens with one attached hydrogen (secondary N) is 1. The third kappa shape index (κ3) is 5.14. The first-order valence-corrected chi connectivity index (χ1v) is 5.68. The minimum absolute atomic E-state index is 0.146. The van der Waals surface area contributed by atoms with E-state index in [0.29, 0.717) is 13.2 Å². The van der Waals surface area contributed by atoms with Crippen molar-refractivity contribution >= 4 is 0 Å². The third-order valence-corrected chi connectivity index (χ3v) is 2.19. The largest absolute Gasteiger partial charge is 0.492 e. The van der Waals surface area contributed by atoms with Crippen molar-refractivity contribution in [1.29, 1.82) is 0 Å². The highest BCUT2D eigenvalue weighted by atomic mass is 16.5. The molecule has 0 aliphatic heterocycles. The molecule has 0 atom stereocenters. The summed E-state index contributed by atoms with van der Waals surface area (Å²) in [7, 11) is 0. The van der Waals surface area contributed by atoms with Crippen LogP contribution in [0.5, 0.6) is 5.75 Å². The normalized spacial score (nSPS) is 11.5. The van der Waals surface area contributed by atoms with E-state index < -0.39 is 0 Å². The summed E-state index contributed by atoms with van der Waals surface area (Å²) < 4.78 is 5.60. The van der Waals surface area contributed by atoms with Gasteiger partial charge in [-0.2, -0.15) is 0 Å². The van der Waals surface area contributed by atoms with E-state index in [0.717, 1.165) is 17.9 Å². The molecule has 90 valence electrons. The first kappa shape index (κ1) is 13.0. The lowest BCUT2D eigenvalue weighted by molar-refractivity contribution is 0.291. The average molecular weight is 222 g/mol. The van der Waals surface area contributed by atoms with Gasteiger partial charge in [0.1, 0.15) is 12.4 Å². The molecule has 0 amide bonds. The second-order valence-electron chi connectivity index (χ2n) is 4.87. The molecule has 3 nitrogen and oxygen atoms in total. The lowest BCUT2D eigenvalue weighted by Crippen LogP contribution is -2.38. The van der Waals surface area contributed by atoms with Crippen LogP contribution in [0.4, 0.5) is 0 Å². The Morgan fingerprint density at radius 2 is 1.81 bits per heavy atom. The number of benzene rings is 1. The van der Waals surface area contributed by atoms with Crippen LogP contribution in [-0.4, -0.2) is 18.7 Å². The van der Waals surface area contributed by atoms with Gasteiger partial charge in [-0.3, -0.25) is 0 Å². The van der Waals surface area contributed by atoms with Crippen LogP contribution in [0.25, 0.3) is 0 Å². The summed E-state index contributed by atoms with van der Waals surface area (Å²) in [6.07, 6.45) is 0. The van der Waals surface area contributed by atoms with Gasteiger partial charge in [0.25, 0.3) is 0 Å². The van der Waals surface area contributed by atoms with E-state index in [-0.39, 0.29) is 5.54 Å². The number of nitrogens with two attached hydrogens (primary N) is 1. The average Bonchev–Trinajstić information content (AvgIpc) is 2.24. The van der Waals surface area contributed by atoms with Crippen LogP contribution in [0.3, 0.4) is 0 Å². The van der Waals surface area contributed by atoms with Crippen LogP contribution in [0, 0.1) is 0 Å². The molecule has 0 unspecified atom stereocenters. The maximum Gasteiger partial charge on any atom is 0.119 e. The molecule has 3 N–H and O–H groups in total. The summed E-state index contributed by atoms with van der Waals surface area (Å²) in [4.78, 5) is 0. The molecule has 0 heterocycles. The first-order chi connectivity index (χ1) is 7.51. The fourth-order valence-electron chi connectivity index (χ4n) is 1.32. The molecule has 0 aliphatic carbocycles. The van der Waals surface area contributed by atoms with E-state index in [1.807, 2.05) is 24.3 Å². The van der Waals surface area contributed by atoms with Gasteiger partial charge in [-0.25, -0.2) is 0 Å². The molecule has 0 saturated heterocycles. The van der Waals surface area contributed by atoms with Crippen LogP contribution < -0.4 is 15.8 Å². The number of hydrogen-bond acceptors (Lipinski definition) is 3. The molecule has 1 aromatic carbocycles. The maximum absolute atomic E-state index is 5.60. The van der Waals surface area contributed by atoms with Gasteiger partial charge < -0.3 is 15.8 Å². The summed E-state index contributed by atoms with van der Waals surface area (Å²) in [5, 5.41) is 3.37. The smallest absolute Gasteiger partial charge is 0.119 e. The van der Waals surface area contributed by atoms with Gasteiger partial charge in [-0.05, 0) is 38.5 Å². The highest BCUT2D eigenvalue weighted by Crippen LogP contribution is 2.11. The Morgan fingerprint density at radius 3 is 2.31 bits per heavy atom. The number of ether oxygens (including phenoxy) is 1. The van der Waals surface area contributed by atoms with Gasteiger partial charge in [-0.15, -0.1) is 0 Å². The van der Waals surface area contributed by atoms with Crippen molar-refractivity contribution in [2.75, 3.05) is 13.2 Å². The maximum atomic E-state index is 5.60. The van der Waals surface area contributed by atoms with Crippen LogP contribution in [0.2, 0.25) is 0 Å². The molecular formula is C13H22N2O. The SMILES string of the molecule is CC(C)(C)NCCOc1ccc(CN)cc1. The highest BCUT2D eigenvalue weighted by Gasteiger charge is 2.07. The Labute approximate surface area is 98.0 Å². The summed E-state index contributed by atoms with van der Waals surface area (Å²) in [6, 6.07) is 7.90. The zero-order chi connectivity index (χ0) is 12.0. The Kier molecular flexibility index (Phi) is 4.77. The van der Waals surface area contributed by atoms with Crippen LogP contribution >= 0.6 is 0 Å². The van der Waals surface area contributed by atoms with E-state index >= 15 is 0 Å². The minimum Gasteiger partial charge on any atom is -0.492 e. The fourth-order valence-corrected chi connectivity index (χ4v) is 1.32. The summed E-state index contributed by atoms with van der Waals surface area (Å²) in [6.45, 7) is 8.53. The van der Waals surface area contributed by atoms with Gasteiger partial charge in [0, 0.05) is 18.6 Å². The predicted molar refractivity (Wildman–Crippen MR) is 67.6 cm³/mol. The highest BCUT2D eigenvalue weighted by molar-refractivity contribution is 5.27. The van der Waals surface area contributed by atoms with Gasteiger partial charge in [0.2, 0.25) is 0 Å². The summed E-state index contributed by atoms with van der Waals surface area (Å²) in [5.41, 5.74) is 6.79. The van der Waals surface area contributed by atoms with Crippen LogP contribution in [0.15, 0.2) is 24.3 Å². The standard InChI is InChI=1S/C13H22N2O/c1-13(2,3)15-8-9-16-12-6-4-11(10-14)5-7-12/h4-7,15H,8-10,14H2,1-3H3. The molecule has 16 heavy (non-hydrogen) atoms. The lowest BCUT2D eigenvalue weighted by atomic mass is 10.1. The second-order valence-corrected chi connectivity index (χ2v) is 4.87. The molecule has 0 radical (unpaired) electrons. The van der Waals surface area contributed by atoms with E-state index in [4.69, 9.17) is 10.5 Å². The molecule has 3 heteroatoms. The molecular weight excluding hydrogens is 200 g/mol. The second kappa shape index (κ2) is 5.87. The van der Waals surface area contributed by atoms with Gasteiger partial charge >= 0.3 is 0 Å². The zero-order valence-corrected chi connectivity index (χ0v) is 10.4. The van der Waals surface area contributed by atoms with Gasteiger partial charge in [-0.1, -0.05) is 12.1 Å². The molecule has 1 aromatic rings. The van der Waals surface area contributed by atoms with E-state index in [2.05, 4.69) is 26.1 Å². The number of rotatable bonds is 5. The first-order valence-electron chi connectivity index (χ1n) is 5.68. The van der Waals surface area contributed by atoms with Crippen molar-refractivity contribution in [1.82, 2.24) is 5.32 Å². The van der Waals surface area contributed by atoms with Gasteiger partial charge in [0.15, 0.2) is 0 Å². The predicted octanol–water partition coefficient (Wildman–Crippen LogP) is 1.91. The molecule has 0 spiro atoms. The topological polar surface area (TPSA) is 47.3 Å². The molecule has 1 rings (SSSR count). The fraction of sp³-hybridized carbons (Fsp3) is 0.538. The summed E-state index contributed by atoms with van der Waals surface area (Å²) in [5.74, 6) is 0.896. The van der Waals surface area contributed by atoms with Crippen molar-refractivity contribution in [3.05, 3.63) is 29.8 Å². The summed E-state index contributed by atoms with van der Waals surface area (Å²) >= 11 is 0. The van der Waals surface area contributed by atoms with E-state index in [9.17, 15) is 0 Å². The quantitative estimate of drug-likeness (QED) is 0.748. The molecule has 0 saturated carbocycles. The van der Waals surface area contributed by atoms with Crippen molar-refractivity contribution in [2.24, 2.45) is 5.73 Å². The van der Waals surface area contributed by atoms with E-state index in [1.165, 1.54) is 0 Å². The zero-order valence-electron chi connectivity index (χ0n) is 10.4. The Morgan fingerprint density at radius 1 is 1.19 bits per heavy atom. The molecule has 0 aliphatic rings. The number of hydrogen-bond donors (Lipinski definition) is 2. The molecule has 0 aromatic heterocycles. The van der Waals surface area contributed by atoms with Crippen molar-refractivity contribution in [2.45, 2.75) is 32.9 Å².